The predicted molar refractivity (Wildman–Crippen MR) is 114 cm³/mol. The van der Waals surface area contributed by atoms with E-state index in [-0.39, 0.29) is 26.8 Å². The largest absolute Gasteiger partial charge is 0.506 e. The van der Waals surface area contributed by atoms with E-state index >= 15 is 0 Å². The molecule has 0 atom stereocenters. The first-order valence-corrected chi connectivity index (χ1v) is 9.44. The van der Waals surface area contributed by atoms with Gasteiger partial charge in [0.05, 0.1) is 11.2 Å². The number of rotatable bonds is 3. The number of hydrogen-bond donors (Lipinski definition) is 1. The van der Waals surface area contributed by atoms with Gasteiger partial charge in [-0.05, 0) is 37.7 Å². The van der Waals surface area contributed by atoms with Gasteiger partial charge in [-0.1, -0.05) is 36.4 Å². The fourth-order valence-corrected chi connectivity index (χ4v) is 3.63. The van der Waals surface area contributed by atoms with Crippen LogP contribution < -0.4 is 0 Å². The van der Waals surface area contributed by atoms with E-state index in [1.165, 1.54) is 0 Å². The van der Waals surface area contributed by atoms with Crippen LogP contribution in [0.25, 0.3) is 33.5 Å². The average molecular weight is 575 g/mol. The van der Waals surface area contributed by atoms with Crippen LogP contribution in [0.5, 0.6) is 5.75 Å². The maximum Gasteiger partial charge on any atom is 0.141 e. The number of aromatic hydroxyl groups is 1. The summed E-state index contributed by atoms with van der Waals surface area (Å²) in [6, 6.07) is 26.8. The van der Waals surface area contributed by atoms with E-state index in [4.69, 9.17) is 10.2 Å². The van der Waals surface area contributed by atoms with E-state index in [0.29, 0.717) is 5.69 Å². The van der Waals surface area contributed by atoms with Crippen molar-refractivity contribution < 1.29 is 26.2 Å². The molecule has 5 rings (SSSR count). The molecular formula is C24H19N4OPt-. The molecule has 1 N–H and O–H groups in total. The topological polar surface area (TPSA) is 55.9 Å². The van der Waals surface area contributed by atoms with Crippen molar-refractivity contribution in [3.05, 3.63) is 90.3 Å². The van der Waals surface area contributed by atoms with Gasteiger partial charge in [-0.3, -0.25) is 4.68 Å². The number of hydrogen-bond acceptors (Lipinski definition) is 3. The molecule has 0 fully saturated rings. The molecule has 0 radical (unpaired) electrons. The summed E-state index contributed by atoms with van der Waals surface area (Å²) in [7, 11) is 0. The van der Waals surface area contributed by atoms with Crippen LogP contribution in [-0.4, -0.2) is 24.7 Å². The molecule has 0 spiro atoms. The number of benzene rings is 3. The third kappa shape index (κ3) is 3.35. The first-order chi connectivity index (χ1) is 14.1. The van der Waals surface area contributed by atoms with Gasteiger partial charge in [-0.25, -0.2) is 9.78 Å². The van der Waals surface area contributed by atoms with Crippen molar-refractivity contribution in [2.75, 3.05) is 0 Å². The summed E-state index contributed by atoms with van der Waals surface area (Å²) in [5.41, 5.74) is 6.15. The van der Waals surface area contributed by atoms with E-state index in [9.17, 15) is 5.11 Å². The number of fused-ring (bicyclic) bond motifs is 1. The minimum atomic E-state index is 0. The minimum absolute atomic E-state index is 0. The Bertz CT molecular complexity index is 1350. The zero-order chi connectivity index (χ0) is 20.0. The summed E-state index contributed by atoms with van der Waals surface area (Å²) in [5, 5.41) is 20.7. The first kappa shape index (κ1) is 20.1. The predicted octanol–water partition coefficient (Wildman–Crippen LogP) is 5.00. The third-order valence-electron chi connectivity index (χ3n) is 5.05. The molecule has 5 nitrogen and oxygen atoms in total. The SMILES string of the molecule is Cc1nn(-c2[c-]c(-c3cc(C)n(-c4ccccc4O)n3)ccc2)c2ccccc12.[Pt]. The summed E-state index contributed by atoms with van der Waals surface area (Å²) in [5.74, 6) is 0.196. The van der Waals surface area contributed by atoms with E-state index < -0.39 is 0 Å². The zero-order valence-corrected chi connectivity index (χ0v) is 18.8. The van der Waals surface area contributed by atoms with E-state index in [2.05, 4.69) is 18.2 Å². The second kappa shape index (κ2) is 7.92. The average Bonchev–Trinajstić information content (AvgIpc) is 3.29. The van der Waals surface area contributed by atoms with Gasteiger partial charge in [-0.15, -0.1) is 29.8 Å². The standard InChI is InChI=1S/C24H19N4O.Pt/c1-16-14-21(26-27(16)23-12-5-6-13-24(23)29)18-8-7-9-19(15-18)28-22-11-4-3-10-20(22)17(2)25-28;/h3-14,29H,1-2H3;/q-1;. The van der Waals surface area contributed by atoms with Crippen molar-refractivity contribution in [1.29, 1.82) is 0 Å². The molecule has 0 aliphatic heterocycles. The molecule has 0 bridgehead atoms. The van der Waals surface area contributed by atoms with Crippen molar-refractivity contribution in [2.45, 2.75) is 13.8 Å². The van der Waals surface area contributed by atoms with Crippen LogP contribution in [0.4, 0.5) is 0 Å². The van der Waals surface area contributed by atoms with Crippen molar-refractivity contribution in [1.82, 2.24) is 19.6 Å². The number of nitrogens with zero attached hydrogens (tertiary/aromatic N) is 4. The fraction of sp³-hybridized carbons (Fsp3) is 0.0833. The van der Waals surface area contributed by atoms with Gasteiger partial charge in [-0.2, -0.15) is 5.10 Å². The molecule has 0 amide bonds. The molecule has 0 aliphatic rings. The normalized spacial score (nSPS) is 10.9. The number of phenolic OH excluding ortho intramolecular Hbond substituents is 1. The van der Waals surface area contributed by atoms with Crippen molar-refractivity contribution in [3.63, 3.8) is 0 Å². The molecule has 0 saturated carbocycles. The smallest absolute Gasteiger partial charge is 0.141 e. The van der Waals surface area contributed by atoms with Gasteiger partial charge >= 0.3 is 0 Å². The molecular weight excluding hydrogens is 555 g/mol. The number of phenols is 1. The Balaban J connectivity index is 0.00000218. The van der Waals surface area contributed by atoms with Crippen LogP contribution in [0.1, 0.15) is 11.4 Å². The van der Waals surface area contributed by atoms with Crippen LogP contribution >= 0.6 is 0 Å². The van der Waals surface area contributed by atoms with Crippen LogP contribution in [0.3, 0.4) is 0 Å². The fourth-order valence-electron chi connectivity index (χ4n) is 3.63. The molecule has 6 heteroatoms. The molecule has 0 saturated heterocycles. The van der Waals surface area contributed by atoms with Crippen LogP contribution in [0, 0.1) is 19.9 Å². The molecule has 0 aliphatic carbocycles. The summed E-state index contributed by atoms with van der Waals surface area (Å²) >= 11 is 0. The Hall–Kier alpha value is -3.17. The van der Waals surface area contributed by atoms with E-state index in [1.54, 1.807) is 16.8 Å². The van der Waals surface area contributed by atoms with E-state index in [0.717, 1.165) is 39.2 Å². The van der Waals surface area contributed by atoms with Crippen LogP contribution in [0.2, 0.25) is 0 Å². The molecule has 2 aromatic heterocycles. The molecule has 3 aromatic carbocycles. The monoisotopic (exact) mass is 574 g/mol. The summed E-state index contributed by atoms with van der Waals surface area (Å²) in [6.07, 6.45) is 0. The van der Waals surface area contributed by atoms with Crippen LogP contribution in [0.15, 0.2) is 72.8 Å². The Kier molecular flexibility index (Phi) is 5.31. The maximum atomic E-state index is 10.2. The second-order valence-electron chi connectivity index (χ2n) is 7.04. The minimum Gasteiger partial charge on any atom is -0.506 e. The van der Waals surface area contributed by atoms with Gasteiger partial charge in [0.1, 0.15) is 11.4 Å². The third-order valence-corrected chi connectivity index (χ3v) is 5.05. The molecule has 30 heavy (non-hydrogen) atoms. The van der Waals surface area contributed by atoms with Crippen molar-refractivity contribution in [2.24, 2.45) is 0 Å². The second-order valence-corrected chi connectivity index (χ2v) is 7.04. The van der Waals surface area contributed by atoms with Gasteiger partial charge in [0.25, 0.3) is 0 Å². The quantitative estimate of drug-likeness (QED) is 0.309. The molecule has 2 heterocycles. The Morgan fingerprint density at radius 1 is 0.833 bits per heavy atom. The number of para-hydroxylation sites is 3. The Labute approximate surface area is 188 Å². The summed E-state index contributed by atoms with van der Waals surface area (Å²) < 4.78 is 3.67. The molecule has 152 valence electrons. The van der Waals surface area contributed by atoms with Gasteiger partial charge < -0.3 is 5.11 Å². The van der Waals surface area contributed by atoms with E-state index in [1.807, 2.05) is 67.1 Å². The van der Waals surface area contributed by atoms with Crippen LogP contribution in [-0.2, 0) is 21.1 Å². The van der Waals surface area contributed by atoms with Gasteiger partial charge in [0, 0.05) is 37.8 Å². The van der Waals surface area contributed by atoms with Crippen molar-refractivity contribution in [3.8, 4) is 28.4 Å². The number of aryl methyl sites for hydroxylation is 2. The first-order valence-electron chi connectivity index (χ1n) is 9.44. The summed E-state index contributed by atoms with van der Waals surface area (Å²) in [4.78, 5) is 0. The maximum absolute atomic E-state index is 10.2. The van der Waals surface area contributed by atoms with Crippen molar-refractivity contribution >= 4 is 10.9 Å². The van der Waals surface area contributed by atoms with Gasteiger partial charge in [0.2, 0.25) is 0 Å². The zero-order valence-electron chi connectivity index (χ0n) is 16.5. The van der Waals surface area contributed by atoms with Gasteiger partial charge in [0.15, 0.2) is 0 Å². The Morgan fingerprint density at radius 2 is 1.60 bits per heavy atom. The summed E-state index contributed by atoms with van der Waals surface area (Å²) in [6.45, 7) is 3.98. The molecule has 5 aromatic rings. The molecule has 0 unspecified atom stereocenters. The Morgan fingerprint density at radius 3 is 2.43 bits per heavy atom. The number of aromatic nitrogens is 4.